The number of fused-ring (bicyclic) bond motifs is 1. The van der Waals surface area contributed by atoms with Gasteiger partial charge < -0.3 is 10.4 Å². The van der Waals surface area contributed by atoms with Crippen molar-refractivity contribution in [2.45, 2.75) is 76.0 Å². The molecule has 1 atom stereocenters. The van der Waals surface area contributed by atoms with Gasteiger partial charge in [-0.25, -0.2) is 14.1 Å². The normalized spacial score (nSPS) is 16.1. The number of aromatic nitrogens is 1. The first-order chi connectivity index (χ1) is 13.7. The second kappa shape index (κ2) is 7.71. The number of urea groups is 1. The minimum atomic E-state index is -3.43. The van der Waals surface area contributed by atoms with Crippen LogP contribution in [0.3, 0.4) is 0 Å². The van der Waals surface area contributed by atoms with Crippen LogP contribution in [0.1, 0.15) is 69.1 Å². The summed E-state index contributed by atoms with van der Waals surface area (Å²) in [7, 11) is -3.43. The lowest BCUT2D eigenvalue weighted by atomic mass is 9.87. The molecule has 2 aromatic heterocycles. The first-order valence-electron chi connectivity index (χ1n) is 9.90. The second-order valence-electron chi connectivity index (χ2n) is 9.29. The summed E-state index contributed by atoms with van der Waals surface area (Å²) in [4.78, 5) is 17.6. The van der Waals surface area contributed by atoms with Crippen molar-refractivity contribution in [1.82, 2.24) is 4.98 Å². The van der Waals surface area contributed by atoms with Crippen molar-refractivity contribution in [3.63, 3.8) is 0 Å². The van der Waals surface area contributed by atoms with E-state index in [9.17, 15) is 14.1 Å². The molecule has 0 radical (unpaired) electrons. The SMILES string of the molecule is Cc1c(C(C)(C)C)nc2c(c1NC(=O)N=[S@](N)(=O)c1cc(C(C)(C)O)cs1)CCC2. The van der Waals surface area contributed by atoms with E-state index >= 15 is 0 Å². The summed E-state index contributed by atoms with van der Waals surface area (Å²) in [5.41, 5.74) is 3.86. The number of hydrogen-bond acceptors (Lipinski definition) is 5. The van der Waals surface area contributed by atoms with Crippen molar-refractivity contribution in [1.29, 1.82) is 0 Å². The van der Waals surface area contributed by atoms with E-state index in [4.69, 9.17) is 10.1 Å². The van der Waals surface area contributed by atoms with Crippen molar-refractivity contribution in [3.8, 4) is 0 Å². The van der Waals surface area contributed by atoms with Gasteiger partial charge in [-0.15, -0.1) is 15.7 Å². The summed E-state index contributed by atoms with van der Waals surface area (Å²) in [5.74, 6) is 0. The van der Waals surface area contributed by atoms with Crippen LogP contribution in [0.15, 0.2) is 20.0 Å². The third-order valence-corrected chi connectivity index (χ3v) is 8.06. The van der Waals surface area contributed by atoms with Crippen LogP contribution in [0.25, 0.3) is 0 Å². The molecule has 4 N–H and O–H groups in total. The molecule has 1 aliphatic carbocycles. The van der Waals surface area contributed by atoms with Gasteiger partial charge >= 0.3 is 6.03 Å². The van der Waals surface area contributed by atoms with Crippen molar-refractivity contribution in [2.24, 2.45) is 9.50 Å². The standard InChI is InChI=1S/C21H30N4O3S2/c1-12-17(14-8-7-9-15(14)23-18(12)20(2,3)4)24-19(26)25-30(22,28)16-10-13(11-29-16)21(5,6)27/h10-11,27H,7-9H2,1-6H3,(H3,22,23,24,25,26,28)/t30-/m0/s1. The first kappa shape index (κ1) is 22.9. The minimum absolute atomic E-state index is 0.176. The molecule has 0 aliphatic heterocycles. The smallest absolute Gasteiger partial charge is 0.354 e. The van der Waals surface area contributed by atoms with Crippen LogP contribution in [0.5, 0.6) is 0 Å². The van der Waals surface area contributed by atoms with E-state index in [2.05, 4.69) is 30.5 Å². The van der Waals surface area contributed by atoms with E-state index in [1.165, 1.54) is 6.07 Å². The number of aryl methyl sites for hydroxylation is 1. The maximum absolute atomic E-state index is 12.9. The second-order valence-corrected chi connectivity index (χ2v) is 12.2. The van der Waals surface area contributed by atoms with Crippen molar-refractivity contribution < 1.29 is 14.1 Å². The van der Waals surface area contributed by atoms with E-state index in [1.807, 2.05) is 6.92 Å². The summed E-state index contributed by atoms with van der Waals surface area (Å²) >= 11 is 1.12. The van der Waals surface area contributed by atoms with Crippen LogP contribution in [-0.4, -0.2) is 20.3 Å². The van der Waals surface area contributed by atoms with E-state index in [-0.39, 0.29) is 9.62 Å². The molecule has 0 fully saturated rings. The molecule has 2 heterocycles. The molecule has 9 heteroatoms. The highest BCUT2D eigenvalue weighted by atomic mass is 32.2. The Morgan fingerprint density at radius 3 is 2.53 bits per heavy atom. The molecule has 0 spiro atoms. The molecule has 0 bridgehead atoms. The van der Waals surface area contributed by atoms with E-state index in [1.54, 1.807) is 19.2 Å². The number of carbonyl (C=O) groups is 1. The molecular weight excluding hydrogens is 420 g/mol. The topological polar surface area (TPSA) is 118 Å². The van der Waals surface area contributed by atoms with Crippen molar-refractivity contribution in [2.75, 3.05) is 5.32 Å². The lowest BCUT2D eigenvalue weighted by Crippen LogP contribution is -2.21. The molecule has 0 aromatic carbocycles. The Hall–Kier alpha value is -1.81. The highest BCUT2D eigenvalue weighted by Crippen LogP contribution is 2.36. The van der Waals surface area contributed by atoms with Gasteiger partial charge in [0.1, 0.15) is 4.21 Å². The lowest BCUT2D eigenvalue weighted by Gasteiger charge is -2.24. The number of nitrogens with one attached hydrogen (secondary N) is 1. The largest absolute Gasteiger partial charge is 0.386 e. The molecule has 164 valence electrons. The van der Waals surface area contributed by atoms with Gasteiger partial charge in [0.05, 0.1) is 17.0 Å². The van der Waals surface area contributed by atoms with Crippen molar-refractivity contribution in [3.05, 3.63) is 39.5 Å². The number of nitrogens with zero attached hydrogens (tertiary/aromatic N) is 2. The minimum Gasteiger partial charge on any atom is -0.386 e. The van der Waals surface area contributed by atoms with Crippen LogP contribution >= 0.6 is 11.3 Å². The predicted octanol–water partition coefficient (Wildman–Crippen LogP) is 4.40. The molecule has 1 aliphatic rings. The number of rotatable bonds is 3. The number of hydrogen-bond donors (Lipinski definition) is 3. The summed E-state index contributed by atoms with van der Waals surface area (Å²) in [6.07, 6.45) is 2.69. The first-order valence-corrected chi connectivity index (χ1v) is 12.4. The third-order valence-electron chi connectivity index (χ3n) is 5.20. The molecule has 0 saturated carbocycles. The van der Waals surface area contributed by atoms with Gasteiger partial charge in [0.25, 0.3) is 0 Å². The molecule has 0 saturated heterocycles. The van der Waals surface area contributed by atoms with Gasteiger partial charge in [-0.3, -0.25) is 4.98 Å². The van der Waals surface area contributed by atoms with Gasteiger partial charge in [-0.1, -0.05) is 20.8 Å². The number of aliphatic hydroxyl groups is 1. The van der Waals surface area contributed by atoms with Crippen molar-refractivity contribution >= 4 is 33.0 Å². The van der Waals surface area contributed by atoms with Crippen LogP contribution in [-0.2, 0) is 33.8 Å². The maximum Gasteiger partial charge on any atom is 0.354 e. The zero-order valence-electron chi connectivity index (χ0n) is 18.3. The van der Waals surface area contributed by atoms with E-state index < -0.39 is 21.5 Å². The van der Waals surface area contributed by atoms with E-state index in [0.717, 1.165) is 53.1 Å². The zero-order chi connectivity index (χ0) is 22.5. The molecule has 2 amide bonds. The number of thiophene rings is 1. The molecule has 3 rings (SSSR count). The summed E-state index contributed by atoms with van der Waals surface area (Å²) in [5, 5.41) is 20.5. The third kappa shape index (κ3) is 4.59. The van der Waals surface area contributed by atoms with Crippen LogP contribution in [0, 0.1) is 6.92 Å². The highest BCUT2D eigenvalue weighted by molar-refractivity contribution is 7.93. The maximum atomic E-state index is 12.9. The van der Waals surface area contributed by atoms with Crippen LogP contribution in [0.4, 0.5) is 10.5 Å². The van der Waals surface area contributed by atoms with Gasteiger partial charge in [-0.2, -0.15) is 0 Å². The summed E-state index contributed by atoms with van der Waals surface area (Å²) in [6.45, 7) is 11.5. The van der Waals surface area contributed by atoms with Crippen LogP contribution < -0.4 is 10.5 Å². The van der Waals surface area contributed by atoms with E-state index in [0.29, 0.717) is 11.3 Å². The molecule has 2 aromatic rings. The summed E-state index contributed by atoms with van der Waals surface area (Å²) in [6, 6.07) is 0.792. The van der Waals surface area contributed by atoms with Crippen LogP contribution in [0.2, 0.25) is 0 Å². The van der Waals surface area contributed by atoms with Gasteiger partial charge in [0, 0.05) is 11.1 Å². The Morgan fingerprint density at radius 1 is 1.30 bits per heavy atom. The van der Waals surface area contributed by atoms with Gasteiger partial charge in [0.15, 0.2) is 9.92 Å². The summed E-state index contributed by atoms with van der Waals surface area (Å²) < 4.78 is 17.0. The predicted molar refractivity (Wildman–Crippen MR) is 121 cm³/mol. The Morgan fingerprint density at radius 2 is 1.97 bits per heavy atom. The lowest BCUT2D eigenvalue weighted by molar-refractivity contribution is 0.0789. The average Bonchev–Trinajstić information content (AvgIpc) is 3.24. The Labute approximate surface area is 182 Å². The molecule has 0 unspecified atom stereocenters. The monoisotopic (exact) mass is 450 g/mol. The zero-order valence-corrected chi connectivity index (χ0v) is 20.0. The van der Waals surface area contributed by atoms with Gasteiger partial charge in [0.2, 0.25) is 0 Å². The average molecular weight is 451 g/mol. The number of amides is 2. The molecule has 30 heavy (non-hydrogen) atoms. The number of carbonyl (C=O) groups excluding carboxylic acids is 1. The Kier molecular flexibility index (Phi) is 5.87. The molecular formula is C21H30N4O3S2. The number of anilines is 1. The Balaban J connectivity index is 1.97. The van der Waals surface area contributed by atoms with Gasteiger partial charge in [-0.05, 0) is 68.2 Å². The molecule has 7 nitrogen and oxygen atoms in total. The fraction of sp³-hybridized carbons (Fsp3) is 0.524. The number of pyridine rings is 1. The quantitative estimate of drug-likeness (QED) is 0.642. The number of nitrogens with two attached hydrogens (primary N) is 1. The Bertz CT molecular complexity index is 1110. The highest BCUT2D eigenvalue weighted by Gasteiger charge is 2.28. The fourth-order valence-electron chi connectivity index (χ4n) is 3.67. The fourth-order valence-corrected chi connectivity index (χ4v) is 5.95.